The fourth-order valence-electron chi connectivity index (χ4n) is 1.56. The Morgan fingerprint density at radius 1 is 1.46 bits per heavy atom. The second kappa shape index (κ2) is 3.52. The molecule has 1 heterocycles. The first-order chi connectivity index (χ1) is 5.91. The molecule has 0 saturated heterocycles. The molecule has 0 spiro atoms. The van der Waals surface area contributed by atoms with Crippen LogP contribution in [-0.4, -0.2) is 23.9 Å². The Labute approximate surface area is 80.6 Å². The maximum absolute atomic E-state index is 11.9. The van der Waals surface area contributed by atoms with E-state index < -0.39 is 0 Å². The standard InChI is InChI=1S/C11H19NO/c1-9-6-5-7-12(8-9)10(13)11(2,3)4/h6H,5,7-8H2,1-4H3. The second-order valence-electron chi connectivity index (χ2n) is 4.82. The fourth-order valence-corrected chi connectivity index (χ4v) is 1.56. The second-order valence-corrected chi connectivity index (χ2v) is 4.82. The van der Waals surface area contributed by atoms with Crippen LogP contribution in [-0.2, 0) is 4.79 Å². The van der Waals surface area contributed by atoms with Crippen molar-refractivity contribution in [2.45, 2.75) is 34.1 Å². The van der Waals surface area contributed by atoms with Crippen LogP contribution >= 0.6 is 0 Å². The van der Waals surface area contributed by atoms with Crippen LogP contribution in [0.4, 0.5) is 0 Å². The molecule has 0 fully saturated rings. The summed E-state index contributed by atoms with van der Waals surface area (Å²) in [6.45, 7) is 9.71. The number of amides is 1. The smallest absolute Gasteiger partial charge is 0.228 e. The molecule has 0 radical (unpaired) electrons. The molecule has 0 aromatic rings. The van der Waals surface area contributed by atoms with Crippen LogP contribution in [0.25, 0.3) is 0 Å². The van der Waals surface area contributed by atoms with Crippen molar-refractivity contribution in [3.8, 4) is 0 Å². The molecule has 0 aromatic carbocycles. The highest BCUT2D eigenvalue weighted by Crippen LogP contribution is 2.20. The van der Waals surface area contributed by atoms with Gasteiger partial charge in [-0.05, 0) is 13.3 Å². The zero-order valence-corrected chi connectivity index (χ0v) is 9.05. The molecule has 2 heteroatoms. The highest BCUT2D eigenvalue weighted by molar-refractivity contribution is 5.81. The molecule has 1 aliphatic rings. The molecule has 74 valence electrons. The van der Waals surface area contributed by atoms with Gasteiger partial charge in [0.15, 0.2) is 0 Å². The van der Waals surface area contributed by atoms with Crippen molar-refractivity contribution >= 4 is 5.91 Å². The van der Waals surface area contributed by atoms with Gasteiger partial charge in [0, 0.05) is 18.5 Å². The van der Waals surface area contributed by atoms with E-state index >= 15 is 0 Å². The van der Waals surface area contributed by atoms with Crippen LogP contribution in [0.3, 0.4) is 0 Å². The van der Waals surface area contributed by atoms with Crippen LogP contribution in [0.5, 0.6) is 0 Å². The predicted octanol–water partition coefficient (Wildman–Crippen LogP) is 2.21. The van der Waals surface area contributed by atoms with Crippen LogP contribution in [0.2, 0.25) is 0 Å². The van der Waals surface area contributed by atoms with E-state index in [9.17, 15) is 4.79 Å². The normalized spacial score (nSPS) is 18.5. The van der Waals surface area contributed by atoms with E-state index in [1.54, 1.807) is 0 Å². The van der Waals surface area contributed by atoms with E-state index in [1.165, 1.54) is 5.57 Å². The number of carbonyl (C=O) groups excluding carboxylic acids is 1. The van der Waals surface area contributed by atoms with Gasteiger partial charge in [-0.2, -0.15) is 0 Å². The first-order valence-electron chi connectivity index (χ1n) is 4.86. The van der Waals surface area contributed by atoms with Gasteiger partial charge >= 0.3 is 0 Å². The van der Waals surface area contributed by atoms with Crippen molar-refractivity contribution in [2.75, 3.05) is 13.1 Å². The van der Waals surface area contributed by atoms with Gasteiger partial charge < -0.3 is 4.90 Å². The predicted molar refractivity (Wildman–Crippen MR) is 54.4 cm³/mol. The van der Waals surface area contributed by atoms with E-state index in [1.807, 2.05) is 25.7 Å². The monoisotopic (exact) mass is 181 g/mol. The molecular weight excluding hydrogens is 162 g/mol. The summed E-state index contributed by atoms with van der Waals surface area (Å²) in [6, 6.07) is 0. The summed E-state index contributed by atoms with van der Waals surface area (Å²) in [7, 11) is 0. The summed E-state index contributed by atoms with van der Waals surface area (Å²) >= 11 is 0. The molecule has 1 rings (SSSR count). The summed E-state index contributed by atoms with van der Waals surface area (Å²) in [5, 5.41) is 0. The van der Waals surface area contributed by atoms with Crippen molar-refractivity contribution in [1.82, 2.24) is 4.90 Å². The molecule has 0 N–H and O–H groups in total. The van der Waals surface area contributed by atoms with E-state index in [4.69, 9.17) is 0 Å². The Morgan fingerprint density at radius 3 is 2.54 bits per heavy atom. The zero-order chi connectivity index (χ0) is 10.1. The molecule has 0 aromatic heterocycles. The first kappa shape index (κ1) is 10.3. The van der Waals surface area contributed by atoms with Crippen molar-refractivity contribution in [3.63, 3.8) is 0 Å². The van der Waals surface area contributed by atoms with Crippen molar-refractivity contribution < 1.29 is 4.79 Å². The van der Waals surface area contributed by atoms with E-state index in [2.05, 4.69) is 13.0 Å². The lowest BCUT2D eigenvalue weighted by Gasteiger charge is -2.31. The third-order valence-electron chi connectivity index (χ3n) is 2.26. The highest BCUT2D eigenvalue weighted by Gasteiger charge is 2.27. The number of carbonyl (C=O) groups is 1. The lowest BCUT2D eigenvalue weighted by Crippen LogP contribution is -2.42. The third kappa shape index (κ3) is 2.58. The molecule has 2 nitrogen and oxygen atoms in total. The fraction of sp³-hybridized carbons (Fsp3) is 0.727. The van der Waals surface area contributed by atoms with Gasteiger partial charge in [-0.3, -0.25) is 4.79 Å². The van der Waals surface area contributed by atoms with Gasteiger partial charge in [0.2, 0.25) is 5.91 Å². The molecule has 0 aliphatic carbocycles. The summed E-state index contributed by atoms with van der Waals surface area (Å²) in [5.41, 5.74) is 1.07. The SMILES string of the molecule is CC1=CCCN(C(=O)C(C)(C)C)C1. The Balaban J connectivity index is 2.65. The number of hydrogen-bond acceptors (Lipinski definition) is 1. The minimum atomic E-state index is -0.238. The van der Waals surface area contributed by atoms with Crippen molar-refractivity contribution in [2.24, 2.45) is 5.41 Å². The Hall–Kier alpha value is -0.790. The summed E-state index contributed by atoms with van der Waals surface area (Å²) in [4.78, 5) is 13.8. The maximum Gasteiger partial charge on any atom is 0.228 e. The third-order valence-corrected chi connectivity index (χ3v) is 2.26. The summed E-state index contributed by atoms with van der Waals surface area (Å²) in [6.07, 6.45) is 3.22. The van der Waals surface area contributed by atoms with Crippen LogP contribution < -0.4 is 0 Å². The van der Waals surface area contributed by atoms with Gasteiger partial charge in [-0.15, -0.1) is 0 Å². The van der Waals surface area contributed by atoms with E-state index in [0.29, 0.717) is 0 Å². The zero-order valence-electron chi connectivity index (χ0n) is 9.05. The largest absolute Gasteiger partial charge is 0.338 e. The van der Waals surface area contributed by atoms with E-state index in [-0.39, 0.29) is 11.3 Å². The quantitative estimate of drug-likeness (QED) is 0.525. The first-order valence-corrected chi connectivity index (χ1v) is 4.86. The average Bonchev–Trinajstić information content (AvgIpc) is 2.01. The minimum absolute atomic E-state index is 0.238. The van der Waals surface area contributed by atoms with Gasteiger partial charge in [0.1, 0.15) is 0 Å². The molecule has 1 aliphatic heterocycles. The summed E-state index contributed by atoms with van der Waals surface area (Å²) < 4.78 is 0. The average molecular weight is 181 g/mol. The maximum atomic E-state index is 11.9. The van der Waals surface area contributed by atoms with Crippen LogP contribution in [0.15, 0.2) is 11.6 Å². The topological polar surface area (TPSA) is 20.3 Å². The lowest BCUT2D eigenvalue weighted by atomic mass is 9.93. The molecule has 0 saturated carbocycles. The Morgan fingerprint density at radius 2 is 2.08 bits per heavy atom. The number of nitrogens with zero attached hydrogens (tertiary/aromatic N) is 1. The molecule has 13 heavy (non-hydrogen) atoms. The van der Waals surface area contributed by atoms with E-state index in [0.717, 1.165) is 19.5 Å². The van der Waals surface area contributed by atoms with Crippen molar-refractivity contribution in [1.29, 1.82) is 0 Å². The van der Waals surface area contributed by atoms with Gasteiger partial charge in [0.25, 0.3) is 0 Å². The molecule has 0 bridgehead atoms. The van der Waals surface area contributed by atoms with Crippen LogP contribution in [0, 0.1) is 5.41 Å². The van der Waals surface area contributed by atoms with Gasteiger partial charge in [-0.25, -0.2) is 0 Å². The highest BCUT2D eigenvalue weighted by atomic mass is 16.2. The number of hydrogen-bond donors (Lipinski definition) is 0. The molecule has 0 unspecified atom stereocenters. The summed E-state index contributed by atoms with van der Waals surface area (Å²) in [5.74, 6) is 0.264. The molecular formula is C11H19NO. The molecule has 1 amide bonds. The van der Waals surface area contributed by atoms with Crippen LogP contribution in [0.1, 0.15) is 34.1 Å². The van der Waals surface area contributed by atoms with Crippen molar-refractivity contribution in [3.05, 3.63) is 11.6 Å². The Kier molecular flexibility index (Phi) is 2.79. The lowest BCUT2D eigenvalue weighted by molar-refractivity contribution is -0.139. The minimum Gasteiger partial charge on any atom is -0.338 e. The molecule has 0 atom stereocenters. The Bertz CT molecular complexity index is 235. The van der Waals surface area contributed by atoms with Gasteiger partial charge in [0.05, 0.1) is 0 Å². The number of rotatable bonds is 0. The van der Waals surface area contributed by atoms with Gasteiger partial charge in [-0.1, -0.05) is 32.4 Å².